The Kier molecular flexibility index (Phi) is 6.08. The molecule has 2 aromatic heterocycles. The van der Waals surface area contributed by atoms with Gasteiger partial charge in [0, 0.05) is 44.0 Å². The third kappa shape index (κ3) is 4.63. The van der Waals surface area contributed by atoms with Crippen LogP contribution in [0, 0.1) is 0 Å². The molecule has 0 saturated carbocycles. The topological polar surface area (TPSA) is 67.2 Å². The highest BCUT2D eigenvalue weighted by atomic mass is 32.1. The van der Waals surface area contributed by atoms with Crippen LogP contribution in [-0.2, 0) is 17.8 Å². The molecule has 7 nitrogen and oxygen atoms in total. The number of hydrogen-bond donors (Lipinski definition) is 0. The van der Waals surface area contributed by atoms with E-state index in [0.29, 0.717) is 6.42 Å². The zero-order valence-electron chi connectivity index (χ0n) is 15.7. The minimum Gasteiger partial charge on any atom is -0.339 e. The Morgan fingerprint density at radius 3 is 2.71 bits per heavy atom. The van der Waals surface area contributed by atoms with Crippen molar-refractivity contribution in [2.75, 3.05) is 26.2 Å². The number of rotatable bonds is 6. The van der Waals surface area contributed by atoms with Crippen molar-refractivity contribution in [2.45, 2.75) is 25.4 Å². The van der Waals surface area contributed by atoms with E-state index in [1.165, 1.54) is 11.2 Å². The van der Waals surface area contributed by atoms with E-state index in [9.17, 15) is 4.79 Å². The van der Waals surface area contributed by atoms with Gasteiger partial charge in [0.1, 0.15) is 12.4 Å². The van der Waals surface area contributed by atoms with E-state index >= 15 is 0 Å². The molecule has 0 radical (unpaired) electrons. The lowest BCUT2D eigenvalue weighted by Crippen LogP contribution is -2.40. The molecule has 3 aromatic rings. The third-order valence-corrected chi connectivity index (χ3v) is 5.96. The summed E-state index contributed by atoms with van der Waals surface area (Å²) in [5, 5.41) is 13.6. The number of thiophene rings is 1. The van der Waals surface area contributed by atoms with Crippen LogP contribution in [0.4, 0.5) is 0 Å². The quantitative estimate of drug-likeness (QED) is 0.639. The molecule has 0 spiro atoms. The van der Waals surface area contributed by atoms with E-state index in [0.717, 1.165) is 44.7 Å². The normalized spacial score (nSPS) is 16.6. The fourth-order valence-electron chi connectivity index (χ4n) is 3.63. The van der Waals surface area contributed by atoms with Gasteiger partial charge in [-0.2, -0.15) is 0 Å². The average Bonchev–Trinajstić information content (AvgIpc) is 3.38. The molecular formula is C20H24N6OS. The van der Waals surface area contributed by atoms with Crippen LogP contribution in [0.1, 0.15) is 22.9 Å². The number of nitrogens with zero attached hydrogens (tertiary/aromatic N) is 6. The van der Waals surface area contributed by atoms with Crippen LogP contribution in [-0.4, -0.2) is 62.1 Å². The number of aromatic nitrogens is 4. The van der Waals surface area contributed by atoms with Crippen LogP contribution in [0.5, 0.6) is 0 Å². The van der Waals surface area contributed by atoms with Gasteiger partial charge in [-0.3, -0.25) is 9.69 Å². The van der Waals surface area contributed by atoms with Crippen LogP contribution >= 0.6 is 11.3 Å². The van der Waals surface area contributed by atoms with Crippen LogP contribution in [0.2, 0.25) is 0 Å². The Bertz CT molecular complexity index is 852. The van der Waals surface area contributed by atoms with Crippen molar-refractivity contribution in [2.24, 2.45) is 0 Å². The van der Waals surface area contributed by atoms with Crippen LogP contribution in [0.15, 0.2) is 54.2 Å². The third-order valence-electron chi connectivity index (χ3n) is 5.10. The van der Waals surface area contributed by atoms with Gasteiger partial charge in [-0.25, -0.2) is 4.68 Å². The molecule has 0 aliphatic carbocycles. The van der Waals surface area contributed by atoms with Crippen LogP contribution < -0.4 is 0 Å². The fourth-order valence-corrected chi connectivity index (χ4v) is 4.37. The first kappa shape index (κ1) is 18.8. The van der Waals surface area contributed by atoms with Gasteiger partial charge in [-0.1, -0.05) is 36.4 Å². The summed E-state index contributed by atoms with van der Waals surface area (Å²) in [6, 6.07) is 13.9. The highest BCUT2D eigenvalue weighted by Crippen LogP contribution is 2.19. The molecule has 1 saturated heterocycles. The van der Waals surface area contributed by atoms with Crippen LogP contribution in [0.25, 0.3) is 0 Å². The Balaban J connectivity index is 1.44. The smallest absolute Gasteiger partial charge is 0.247 e. The highest BCUT2D eigenvalue weighted by Gasteiger charge is 2.28. The molecule has 1 aliphatic rings. The lowest BCUT2D eigenvalue weighted by atomic mass is 10.0. The second-order valence-corrected chi connectivity index (χ2v) is 8.06. The van der Waals surface area contributed by atoms with Gasteiger partial charge in [0.2, 0.25) is 5.91 Å². The van der Waals surface area contributed by atoms with Gasteiger partial charge in [0.25, 0.3) is 0 Å². The SMILES string of the molecule is O=C([C@@H](Cc1ccccc1)n1cnnn1)N1CCCN(Cc2cccs2)CC1. The summed E-state index contributed by atoms with van der Waals surface area (Å²) >= 11 is 1.79. The van der Waals surface area contributed by atoms with Crippen molar-refractivity contribution in [3.05, 3.63) is 64.6 Å². The number of carbonyl (C=O) groups excluding carboxylic acids is 1. The summed E-state index contributed by atoms with van der Waals surface area (Å²) in [4.78, 5) is 19.2. The lowest BCUT2D eigenvalue weighted by Gasteiger charge is -2.26. The van der Waals surface area contributed by atoms with E-state index in [2.05, 4.69) is 37.9 Å². The predicted octanol–water partition coefficient (Wildman–Crippen LogP) is 2.25. The molecule has 1 aromatic carbocycles. The van der Waals surface area contributed by atoms with Gasteiger partial charge in [-0.05, 0) is 33.9 Å². The van der Waals surface area contributed by atoms with E-state index in [-0.39, 0.29) is 5.91 Å². The van der Waals surface area contributed by atoms with Gasteiger partial charge in [0.15, 0.2) is 0 Å². The van der Waals surface area contributed by atoms with E-state index in [1.54, 1.807) is 16.0 Å². The maximum absolute atomic E-state index is 13.4. The number of hydrogen-bond acceptors (Lipinski definition) is 6. The molecule has 3 heterocycles. The Morgan fingerprint density at radius 2 is 1.96 bits per heavy atom. The first-order valence-electron chi connectivity index (χ1n) is 9.59. The van der Waals surface area contributed by atoms with E-state index in [1.807, 2.05) is 35.2 Å². The second kappa shape index (κ2) is 9.07. The fraction of sp³-hybridized carbons (Fsp3) is 0.400. The number of carbonyl (C=O) groups is 1. The molecule has 28 heavy (non-hydrogen) atoms. The van der Waals surface area contributed by atoms with Crippen molar-refractivity contribution in [3.63, 3.8) is 0 Å². The summed E-state index contributed by atoms with van der Waals surface area (Å²) in [5.41, 5.74) is 1.10. The minimum atomic E-state index is -0.416. The summed E-state index contributed by atoms with van der Waals surface area (Å²) in [6.45, 7) is 4.36. The van der Waals surface area contributed by atoms with Crippen LogP contribution in [0.3, 0.4) is 0 Å². The molecular weight excluding hydrogens is 372 g/mol. The molecule has 1 aliphatic heterocycles. The molecule has 4 rings (SSSR count). The summed E-state index contributed by atoms with van der Waals surface area (Å²) in [6.07, 6.45) is 3.09. The zero-order valence-corrected chi connectivity index (χ0v) is 16.5. The van der Waals surface area contributed by atoms with E-state index < -0.39 is 6.04 Å². The zero-order chi connectivity index (χ0) is 19.2. The van der Waals surface area contributed by atoms with Gasteiger partial charge < -0.3 is 4.90 Å². The second-order valence-electron chi connectivity index (χ2n) is 7.03. The predicted molar refractivity (Wildman–Crippen MR) is 108 cm³/mol. The first-order chi connectivity index (χ1) is 13.8. The number of tetrazole rings is 1. The maximum atomic E-state index is 13.4. The van der Waals surface area contributed by atoms with Crippen molar-refractivity contribution >= 4 is 17.2 Å². The Hall–Kier alpha value is -2.58. The average molecular weight is 397 g/mol. The van der Waals surface area contributed by atoms with Crippen molar-refractivity contribution in [1.29, 1.82) is 0 Å². The lowest BCUT2D eigenvalue weighted by molar-refractivity contribution is -0.135. The number of benzene rings is 1. The van der Waals surface area contributed by atoms with Gasteiger partial charge in [0.05, 0.1) is 0 Å². The van der Waals surface area contributed by atoms with Crippen molar-refractivity contribution in [3.8, 4) is 0 Å². The largest absolute Gasteiger partial charge is 0.339 e. The van der Waals surface area contributed by atoms with E-state index in [4.69, 9.17) is 0 Å². The molecule has 1 fully saturated rings. The Morgan fingerprint density at radius 1 is 1.07 bits per heavy atom. The molecule has 1 amide bonds. The van der Waals surface area contributed by atoms with Crippen molar-refractivity contribution < 1.29 is 4.79 Å². The minimum absolute atomic E-state index is 0.0918. The molecule has 1 atom stereocenters. The van der Waals surface area contributed by atoms with Gasteiger partial charge >= 0.3 is 0 Å². The highest BCUT2D eigenvalue weighted by molar-refractivity contribution is 7.09. The monoisotopic (exact) mass is 396 g/mol. The molecule has 0 N–H and O–H groups in total. The Labute approximate surface area is 168 Å². The standard InChI is InChI=1S/C20H24N6OS/c27-20(19(26-16-21-22-23-26)14-17-6-2-1-3-7-17)25-10-5-9-24(11-12-25)15-18-8-4-13-28-18/h1-4,6-8,13,16,19H,5,9-12,14-15H2/t19-/m1/s1. The van der Waals surface area contributed by atoms with Gasteiger partial charge in [-0.15, -0.1) is 16.4 Å². The molecule has 8 heteroatoms. The molecule has 0 bridgehead atoms. The summed E-state index contributed by atoms with van der Waals surface area (Å²) in [7, 11) is 0. The summed E-state index contributed by atoms with van der Waals surface area (Å²) < 4.78 is 1.59. The first-order valence-corrected chi connectivity index (χ1v) is 10.5. The number of amides is 1. The molecule has 0 unspecified atom stereocenters. The maximum Gasteiger partial charge on any atom is 0.247 e. The summed E-state index contributed by atoms with van der Waals surface area (Å²) in [5.74, 6) is 0.0918. The van der Waals surface area contributed by atoms with Crippen molar-refractivity contribution in [1.82, 2.24) is 30.0 Å². The molecule has 146 valence electrons.